The minimum absolute atomic E-state index is 0.0303. The fourth-order valence-corrected chi connectivity index (χ4v) is 4.18. The number of aryl methyl sites for hydroxylation is 2. The number of pyridine rings is 1. The van der Waals surface area contributed by atoms with E-state index in [2.05, 4.69) is 32.8 Å². The summed E-state index contributed by atoms with van der Waals surface area (Å²) in [7, 11) is 1.34. The van der Waals surface area contributed by atoms with Gasteiger partial charge < -0.3 is 15.4 Å². The van der Waals surface area contributed by atoms with Crippen LogP contribution in [0.4, 0.5) is 5.82 Å². The monoisotopic (exact) mass is 476 g/mol. The Hall–Kier alpha value is -3.75. The summed E-state index contributed by atoms with van der Waals surface area (Å²) >= 11 is 0. The highest BCUT2D eigenvalue weighted by atomic mass is 16.5. The number of ether oxygens (including phenoxy) is 1. The van der Waals surface area contributed by atoms with E-state index in [0.29, 0.717) is 25.2 Å². The second-order valence-electron chi connectivity index (χ2n) is 8.64. The van der Waals surface area contributed by atoms with Crippen molar-refractivity contribution in [2.75, 3.05) is 25.5 Å². The molecule has 0 radical (unpaired) electrons. The number of esters is 1. The van der Waals surface area contributed by atoms with Crippen molar-refractivity contribution in [1.29, 1.82) is 0 Å². The van der Waals surface area contributed by atoms with E-state index in [9.17, 15) is 9.59 Å². The molecule has 2 aromatic heterocycles. The number of nitrogens with one attached hydrogen (secondary N) is 2. The van der Waals surface area contributed by atoms with Crippen LogP contribution in [-0.2, 0) is 27.2 Å². The summed E-state index contributed by atoms with van der Waals surface area (Å²) in [4.78, 5) is 33.7. The van der Waals surface area contributed by atoms with Gasteiger partial charge in [-0.05, 0) is 50.2 Å². The maximum Gasteiger partial charge on any atom is 0.330 e. The van der Waals surface area contributed by atoms with E-state index in [-0.39, 0.29) is 5.91 Å². The van der Waals surface area contributed by atoms with Crippen LogP contribution in [0, 0.1) is 0 Å². The lowest BCUT2D eigenvalue weighted by molar-refractivity contribution is -0.145. The van der Waals surface area contributed by atoms with Gasteiger partial charge in [0.25, 0.3) is 0 Å². The van der Waals surface area contributed by atoms with Gasteiger partial charge in [0.1, 0.15) is 12.1 Å². The summed E-state index contributed by atoms with van der Waals surface area (Å²) in [5.41, 5.74) is 3.21. The summed E-state index contributed by atoms with van der Waals surface area (Å²) in [6.07, 6.45) is 7.08. The third kappa shape index (κ3) is 6.65. The molecule has 4 rings (SSSR count). The second kappa shape index (κ2) is 12.1. The van der Waals surface area contributed by atoms with Gasteiger partial charge in [-0.25, -0.2) is 19.4 Å². The molecule has 1 aliphatic rings. The van der Waals surface area contributed by atoms with Gasteiger partial charge in [0.15, 0.2) is 11.9 Å². The summed E-state index contributed by atoms with van der Waals surface area (Å²) in [6, 6.07) is 13.1. The van der Waals surface area contributed by atoms with Crippen LogP contribution in [0.3, 0.4) is 0 Å². The molecule has 0 fully saturated rings. The Morgan fingerprint density at radius 1 is 1.17 bits per heavy atom. The molecule has 0 bridgehead atoms. The average molecular weight is 477 g/mol. The van der Waals surface area contributed by atoms with Gasteiger partial charge in [0.05, 0.1) is 7.11 Å². The molecule has 2 N–H and O–H groups in total. The van der Waals surface area contributed by atoms with Gasteiger partial charge in [0, 0.05) is 30.8 Å². The van der Waals surface area contributed by atoms with Crippen molar-refractivity contribution in [1.82, 2.24) is 25.1 Å². The van der Waals surface area contributed by atoms with Crippen LogP contribution < -0.4 is 10.6 Å². The Morgan fingerprint density at radius 3 is 2.86 bits per heavy atom. The molecule has 9 nitrogen and oxygen atoms in total. The molecule has 1 unspecified atom stereocenters. The molecule has 0 saturated heterocycles. The van der Waals surface area contributed by atoms with Gasteiger partial charge in [0.2, 0.25) is 5.91 Å². The SMILES string of the molecule is COC(=O)C(CCNC(=O)CCCCc1ccc2c(n1)NCCC2)n1cnc(-c2ccccc2)n1. The number of unbranched alkanes of at least 4 members (excludes halogenated alkanes) is 1. The number of anilines is 1. The highest BCUT2D eigenvalue weighted by Gasteiger charge is 2.23. The topological polar surface area (TPSA) is 111 Å². The predicted octanol–water partition coefficient (Wildman–Crippen LogP) is 3.33. The molecule has 184 valence electrons. The number of methoxy groups -OCH3 is 1. The van der Waals surface area contributed by atoms with Crippen molar-refractivity contribution in [3.8, 4) is 11.4 Å². The fourth-order valence-electron chi connectivity index (χ4n) is 4.18. The molecule has 0 spiro atoms. The molecule has 1 amide bonds. The Kier molecular flexibility index (Phi) is 8.43. The standard InChI is InChI=1S/C26H32N6O3/c1-35-26(34)22(32-18-29-25(31-32)19-8-3-2-4-9-19)15-17-27-23(33)12-6-5-11-21-14-13-20-10-7-16-28-24(20)30-21/h2-4,8-9,13-14,18,22H,5-7,10-12,15-17H2,1H3,(H,27,33)(H,28,30). The van der Waals surface area contributed by atoms with Crippen LogP contribution in [-0.4, -0.2) is 51.8 Å². The van der Waals surface area contributed by atoms with E-state index in [1.807, 2.05) is 30.3 Å². The Balaban J connectivity index is 1.20. The Bertz CT molecular complexity index is 1130. The summed E-state index contributed by atoms with van der Waals surface area (Å²) in [5.74, 6) is 1.09. The number of aromatic nitrogens is 4. The highest BCUT2D eigenvalue weighted by Crippen LogP contribution is 2.21. The first kappa shape index (κ1) is 24.4. The van der Waals surface area contributed by atoms with Crippen LogP contribution in [0.5, 0.6) is 0 Å². The van der Waals surface area contributed by atoms with Crippen LogP contribution in [0.25, 0.3) is 11.4 Å². The molecule has 9 heteroatoms. The minimum atomic E-state index is -0.658. The number of rotatable bonds is 11. The number of hydrogen-bond donors (Lipinski definition) is 2. The lowest BCUT2D eigenvalue weighted by Gasteiger charge is -2.17. The zero-order valence-corrected chi connectivity index (χ0v) is 20.1. The van der Waals surface area contributed by atoms with Crippen LogP contribution in [0.15, 0.2) is 48.8 Å². The number of amides is 1. The van der Waals surface area contributed by atoms with E-state index < -0.39 is 12.0 Å². The smallest absolute Gasteiger partial charge is 0.330 e. The van der Waals surface area contributed by atoms with E-state index in [1.54, 1.807) is 0 Å². The van der Waals surface area contributed by atoms with Crippen molar-refractivity contribution < 1.29 is 14.3 Å². The first-order valence-electron chi connectivity index (χ1n) is 12.2. The maximum atomic E-state index is 12.3. The largest absolute Gasteiger partial charge is 0.467 e. The molecule has 3 heterocycles. The molecule has 1 atom stereocenters. The number of nitrogens with zero attached hydrogens (tertiary/aromatic N) is 4. The lowest BCUT2D eigenvalue weighted by Crippen LogP contribution is -2.29. The molecule has 0 saturated carbocycles. The Morgan fingerprint density at radius 2 is 2.03 bits per heavy atom. The number of carbonyl (C=O) groups is 2. The van der Waals surface area contributed by atoms with Crippen molar-refractivity contribution in [3.63, 3.8) is 0 Å². The van der Waals surface area contributed by atoms with Crippen LogP contribution in [0.1, 0.15) is 49.4 Å². The molecule has 1 aliphatic heterocycles. The lowest BCUT2D eigenvalue weighted by atomic mass is 10.1. The van der Waals surface area contributed by atoms with Gasteiger partial charge in [-0.3, -0.25) is 4.79 Å². The van der Waals surface area contributed by atoms with Crippen molar-refractivity contribution >= 4 is 17.7 Å². The maximum absolute atomic E-state index is 12.3. The first-order chi connectivity index (χ1) is 17.1. The second-order valence-corrected chi connectivity index (χ2v) is 8.64. The van der Waals surface area contributed by atoms with Crippen molar-refractivity contribution in [3.05, 3.63) is 60.0 Å². The van der Waals surface area contributed by atoms with Gasteiger partial charge in [-0.2, -0.15) is 5.10 Å². The summed E-state index contributed by atoms with van der Waals surface area (Å²) < 4.78 is 6.45. The summed E-state index contributed by atoms with van der Waals surface area (Å²) in [5, 5.41) is 10.7. The number of benzene rings is 1. The number of carbonyl (C=O) groups excluding carboxylic acids is 2. The fraction of sp³-hybridized carbons (Fsp3) is 0.423. The quantitative estimate of drug-likeness (QED) is 0.323. The van der Waals surface area contributed by atoms with Crippen molar-refractivity contribution in [2.24, 2.45) is 0 Å². The van der Waals surface area contributed by atoms with E-state index in [0.717, 1.165) is 55.7 Å². The van der Waals surface area contributed by atoms with Crippen molar-refractivity contribution in [2.45, 2.75) is 51.0 Å². The third-order valence-electron chi connectivity index (χ3n) is 6.11. The third-order valence-corrected chi connectivity index (χ3v) is 6.11. The molecule has 3 aromatic rings. The number of hydrogen-bond acceptors (Lipinski definition) is 7. The average Bonchev–Trinajstić information content (AvgIpc) is 3.39. The van der Waals surface area contributed by atoms with E-state index in [1.165, 1.54) is 23.7 Å². The minimum Gasteiger partial charge on any atom is -0.467 e. The van der Waals surface area contributed by atoms with Crippen LogP contribution >= 0.6 is 0 Å². The number of fused-ring (bicyclic) bond motifs is 1. The van der Waals surface area contributed by atoms with Gasteiger partial charge in [-0.15, -0.1) is 0 Å². The van der Waals surface area contributed by atoms with E-state index >= 15 is 0 Å². The highest BCUT2D eigenvalue weighted by molar-refractivity contribution is 5.76. The normalized spacial score (nSPS) is 13.4. The zero-order chi connectivity index (χ0) is 24.5. The first-order valence-corrected chi connectivity index (χ1v) is 12.2. The molecular formula is C26H32N6O3. The predicted molar refractivity (Wildman–Crippen MR) is 133 cm³/mol. The molecule has 0 aliphatic carbocycles. The zero-order valence-electron chi connectivity index (χ0n) is 20.1. The Labute approximate surface area is 205 Å². The van der Waals surface area contributed by atoms with Crippen LogP contribution in [0.2, 0.25) is 0 Å². The van der Waals surface area contributed by atoms with Gasteiger partial charge >= 0.3 is 5.97 Å². The molecule has 35 heavy (non-hydrogen) atoms. The summed E-state index contributed by atoms with van der Waals surface area (Å²) in [6.45, 7) is 1.32. The molecule has 1 aromatic carbocycles. The van der Waals surface area contributed by atoms with E-state index in [4.69, 9.17) is 9.72 Å². The van der Waals surface area contributed by atoms with Gasteiger partial charge in [-0.1, -0.05) is 36.4 Å². The molecular weight excluding hydrogens is 444 g/mol.